The molecule has 1 aromatic carbocycles. The van der Waals surface area contributed by atoms with Gasteiger partial charge in [-0.05, 0) is 36.6 Å². The molecule has 8 heteroatoms. The van der Waals surface area contributed by atoms with Crippen molar-refractivity contribution in [2.75, 3.05) is 26.3 Å². The summed E-state index contributed by atoms with van der Waals surface area (Å²) < 4.78 is 38.6. The summed E-state index contributed by atoms with van der Waals surface area (Å²) in [6.07, 6.45) is 1.19. The molecule has 1 saturated heterocycles. The van der Waals surface area contributed by atoms with E-state index in [9.17, 15) is 13.2 Å². The molecule has 0 spiro atoms. The van der Waals surface area contributed by atoms with Crippen LogP contribution < -0.4 is 4.72 Å². The lowest BCUT2D eigenvalue weighted by atomic mass is 10.00. The van der Waals surface area contributed by atoms with Crippen molar-refractivity contribution in [2.24, 2.45) is 0 Å². The largest absolute Gasteiger partial charge is 0.348 e. The Balaban J connectivity index is 1.68. The molecule has 25 heavy (non-hydrogen) atoms. The summed E-state index contributed by atoms with van der Waals surface area (Å²) in [7, 11) is -3.61. The van der Waals surface area contributed by atoms with Gasteiger partial charge in [-0.25, -0.2) is 13.1 Å². The second kappa shape index (κ2) is 7.03. The molecule has 2 aliphatic rings. The number of carbonyl (C=O) groups is 1. The summed E-state index contributed by atoms with van der Waals surface area (Å²) in [5, 5.41) is 0. The molecule has 7 nitrogen and oxygen atoms in total. The summed E-state index contributed by atoms with van der Waals surface area (Å²) in [5.41, 5.74) is 1.98. The molecule has 1 aromatic rings. The fourth-order valence-corrected chi connectivity index (χ4v) is 4.25. The van der Waals surface area contributed by atoms with E-state index >= 15 is 0 Å². The van der Waals surface area contributed by atoms with Gasteiger partial charge in [0.1, 0.15) is 0 Å². The van der Waals surface area contributed by atoms with Crippen LogP contribution in [0, 0.1) is 0 Å². The summed E-state index contributed by atoms with van der Waals surface area (Å²) in [6.45, 7) is 5.75. The van der Waals surface area contributed by atoms with Crippen molar-refractivity contribution >= 4 is 15.9 Å². The Morgan fingerprint density at radius 2 is 2.00 bits per heavy atom. The van der Waals surface area contributed by atoms with Crippen molar-refractivity contribution in [3.8, 4) is 0 Å². The van der Waals surface area contributed by atoms with Crippen molar-refractivity contribution < 1.29 is 22.7 Å². The second-order valence-corrected chi connectivity index (χ2v) is 8.37. The zero-order chi connectivity index (χ0) is 18.1. The zero-order valence-corrected chi connectivity index (χ0v) is 15.4. The molecule has 0 aromatic heterocycles. The number of hydrogen-bond donors (Lipinski definition) is 1. The predicted octanol–water partition coefficient (Wildman–Crippen LogP) is 1.02. The topological polar surface area (TPSA) is 84.9 Å². The number of nitrogens with zero attached hydrogens (tertiary/aromatic N) is 1. The first-order valence-corrected chi connectivity index (χ1v) is 9.92. The maximum atomic E-state index is 12.5. The van der Waals surface area contributed by atoms with Crippen molar-refractivity contribution in [2.45, 2.75) is 43.9 Å². The molecular weight excluding hydrogens is 344 g/mol. The highest BCUT2D eigenvalue weighted by atomic mass is 32.2. The van der Waals surface area contributed by atoms with E-state index < -0.39 is 15.8 Å². The van der Waals surface area contributed by atoms with Gasteiger partial charge in [-0.15, -0.1) is 0 Å². The normalized spacial score (nSPS) is 19.7. The molecular formula is C17H24N2O5S. The number of fused-ring (bicyclic) bond motifs is 1. The average Bonchev–Trinajstić information content (AvgIpc) is 3.00. The van der Waals surface area contributed by atoms with Crippen LogP contribution in [0.1, 0.15) is 31.4 Å². The minimum absolute atomic E-state index is 0.00171. The van der Waals surface area contributed by atoms with Gasteiger partial charge in [0, 0.05) is 33.0 Å². The number of sulfonamides is 1. The second-order valence-electron chi connectivity index (χ2n) is 6.60. The van der Waals surface area contributed by atoms with E-state index in [4.69, 9.17) is 9.47 Å². The quantitative estimate of drug-likeness (QED) is 0.839. The van der Waals surface area contributed by atoms with Crippen LogP contribution in [0.3, 0.4) is 0 Å². The molecule has 0 aliphatic carbocycles. The van der Waals surface area contributed by atoms with Crippen LogP contribution in [0.5, 0.6) is 0 Å². The van der Waals surface area contributed by atoms with Gasteiger partial charge in [0.05, 0.1) is 18.1 Å². The van der Waals surface area contributed by atoms with Crippen LogP contribution in [-0.4, -0.2) is 51.3 Å². The summed E-state index contributed by atoms with van der Waals surface area (Å²) >= 11 is 0. The monoisotopic (exact) mass is 368 g/mol. The molecule has 138 valence electrons. The number of nitrogens with one attached hydrogen (secondary N) is 1. The van der Waals surface area contributed by atoms with Gasteiger partial charge in [0.2, 0.25) is 15.9 Å². The average molecular weight is 368 g/mol. The van der Waals surface area contributed by atoms with Crippen LogP contribution in [0.2, 0.25) is 0 Å². The van der Waals surface area contributed by atoms with Gasteiger partial charge in [-0.3, -0.25) is 4.79 Å². The third kappa shape index (κ3) is 4.20. The molecule has 1 fully saturated rings. The Kier molecular flexibility index (Phi) is 5.15. The number of hydrogen-bond acceptors (Lipinski definition) is 5. The first-order valence-electron chi connectivity index (χ1n) is 8.44. The number of ether oxygens (including phenoxy) is 2. The fourth-order valence-electron chi connectivity index (χ4n) is 3.17. The van der Waals surface area contributed by atoms with E-state index in [0.29, 0.717) is 32.7 Å². The molecule has 0 radical (unpaired) electrons. The molecule has 0 unspecified atom stereocenters. The van der Waals surface area contributed by atoms with Crippen molar-refractivity contribution in [1.82, 2.24) is 9.62 Å². The minimum Gasteiger partial charge on any atom is -0.348 e. The van der Waals surface area contributed by atoms with E-state index in [1.165, 1.54) is 6.92 Å². The zero-order valence-electron chi connectivity index (χ0n) is 14.6. The van der Waals surface area contributed by atoms with E-state index in [1.807, 2.05) is 13.0 Å². The highest BCUT2D eigenvalue weighted by Gasteiger charge is 2.31. The van der Waals surface area contributed by atoms with E-state index in [0.717, 1.165) is 17.5 Å². The van der Waals surface area contributed by atoms with Gasteiger partial charge < -0.3 is 14.4 Å². The van der Waals surface area contributed by atoms with Crippen molar-refractivity contribution in [3.05, 3.63) is 29.3 Å². The Labute approximate surface area is 148 Å². The molecule has 0 saturated carbocycles. The van der Waals surface area contributed by atoms with Crippen molar-refractivity contribution in [1.29, 1.82) is 0 Å². The molecule has 0 atom stereocenters. The highest BCUT2D eigenvalue weighted by Crippen LogP contribution is 2.24. The molecule has 3 rings (SSSR count). The van der Waals surface area contributed by atoms with E-state index in [2.05, 4.69) is 4.72 Å². The SMILES string of the molecule is CC(=O)N1CCc2ccc(S(=O)(=O)NCCC3(C)OCCO3)cc2C1. The van der Waals surface area contributed by atoms with Crippen LogP contribution in [0.4, 0.5) is 0 Å². The van der Waals surface area contributed by atoms with Gasteiger partial charge in [0.15, 0.2) is 5.79 Å². The van der Waals surface area contributed by atoms with Crippen molar-refractivity contribution in [3.63, 3.8) is 0 Å². The standard InChI is InChI=1S/C17H24N2O5S/c1-13(20)19-8-5-14-3-4-16(11-15(14)12-19)25(21,22)18-7-6-17(2)23-9-10-24-17/h3-4,11,18H,5-10,12H2,1-2H3. The van der Waals surface area contributed by atoms with Gasteiger partial charge >= 0.3 is 0 Å². The number of benzene rings is 1. The Morgan fingerprint density at radius 1 is 1.28 bits per heavy atom. The third-order valence-electron chi connectivity index (χ3n) is 4.71. The van der Waals surface area contributed by atoms with Crippen LogP contribution in [0.15, 0.2) is 23.1 Å². The Morgan fingerprint density at radius 3 is 2.68 bits per heavy atom. The Hall–Kier alpha value is -1.48. The first kappa shape index (κ1) is 18.3. The molecule has 0 bridgehead atoms. The number of carbonyl (C=O) groups excluding carboxylic acids is 1. The lowest BCUT2D eigenvalue weighted by Gasteiger charge is -2.28. The Bertz CT molecular complexity index is 756. The van der Waals surface area contributed by atoms with Gasteiger partial charge in [-0.2, -0.15) is 0 Å². The maximum absolute atomic E-state index is 12.5. The summed E-state index contributed by atoms with van der Waals surface area (Å²) in [4.78, 5) is 13.5. The van der Waals surface area contributed by atoms with E-state index in [-0.39, 0.29) is 17.3 Å². The van der Waals surface area contributed by atoms with Crippen LogP contribution in [0.25, 0.3) is 0 Å². The van der Waals surface area contributed by atoms with Crippen LogP contribution >= 0.6 is 0 Å². The summed E-state index contributed by atoms with van der Waals surface area (Å²) in [5.74, 6) is -0.720. The molecule has 1 N–H and O–H groups in total. The smallest absolute Gasteiger partial charge is 0.240 e. The molecule has 2 heterocycles. The lowest BCUT2D eigenvalue weighted by molar-refractivity contribution is -0.145. The maximum Gasteiger partial charge on any atom is 0.240 e. The van der Waals surface area contributed by atoms with Crippen LogP contribution in [-0.2, 0) is 37.3 Å². The lowest BCUT2D eigenvalue weighted by Crippen LogP contribution is -2.35. The van der Waals surface area contributed by atoms with Gasteiger partial charge in [-0.1, -0.05) is 6.07 Å². The summed E-state index contributed by atoms with van der Waals surface area (Å²) in [6, 6.07) is 5.12. The molecule has 1 amide bonds. The first-order chi connectivity index (χ1) is 11.8. The van der Waals surface area contributed by atoms with Gasteiger partial charge in [0.25, 0.3) is 0 Å². The number of amides is 1. The molecule has 2 aliphatic heterocycles. The number of rotatable bonds is 5. The fraction of sp³-hybridized carbons (Fsp3) is 0.588. The van der Waals surface area contributed by atoms with E-state index in [1.54, 1.807) is 17.0 Å². The minimum atomic E-state index is -3.61. The predicted molar refractivity (Wildman–Crippen MR) is 91.4 cm³/mol. The highest BCUT2D eigenvalue weighted by molar-refractivity contribution is 7.89. The third-order valence-corrected chi connectivity index (χ3v) is 6.17.